The molecule has 1 saturated heterocycles. The number of benzene rings is 1. The monoisotopic (exact) mass is 307 g/mol. The summed E-state index contributed by atoms with van der Waals surface area (Å²) in [5, 5.41) is 2.95. The lowest BCUT2D eigenvalue weighted by Gasteiger charge is -2.22. The van der Waals surface area contributed by atoms with Gasteiger partial charge in [-0.3, -0.25) is 9.69 Å². The van der Waals surface area contributed by atoms with Crippen LogP contribution in [0.1, 0.15) is 25.8 Å². The van der Waals surface area contributed by atoms with Crippen molar-refractivity contribution < 1.29 is 4.79 Å². The summed E-state index contributed by atoms with van der Waals surface area (Å²) in [6.07, 6.45) is 1.11. The highest BCUT2D eigenvalue weighted by molar-refractivity contribution is 8.00. The van der Waals surface area contributed by atoms with Crippen molar-refractivity contribution in [2.24, 2.45) is 0 Å². The summed E-state index contributed by atoms with van der Waals surface area (Å²) in [5.41, 5.74) is 8.29. The number of amides is 1. The van der Waals surface area contributed by atoms with E-state index < -0.39 is 0 Å². The summed E-state index contributed by atoms with van der Waals surface area (Å²) in [7, 11) is 0. The Labute approximate surface area is 131 Å². The molecule has 1 heterocycles. The topological polar surface area (TPSA) is 58.4 Å². The molecule has 1 aromatic rings. The van der Waals surface area contributed by atoms with Gasteiger partial charge in [0.15, 0.2) is 0 Å². The van der Waals surface area contributed by atoms with Crippen LogP contribution in [0.5, 0.6) is 0 Å². The smallest absolute Gasteiger partial charge is 0.238 e. The molecule has 1 amide bonds. The third-order valence-corrected chi connectivity index (χ3v) is 5.24. The van der Waals surface area contributed by atoms with E-state index in [0.717, 1.165) is 36.5 Å². The number of nitrogen functional groups attached to an aromatic ring is 1. The van der Waals surface area contributed by atoms with Crippen molar-refractivity contribution in [2.75, 3.05) is 36.4 Å². The standard InChI is InChI=1S/C16H25N3OS/c1-12-5-4-6-13(17)15(12)18-14(20)11-19-8-7-16(2,3)21-10-9-19/h4-6H,7-11,17H2,1-3H3,(H,18,20). The average molecular weight is 307 g/mol. The largest absolute Gasteiger partial charge is 0.397 e. The van der Waals surface area contributed by atoms with Gasteiger partial charge >= 0.3 is 0 Å². The number of thioether (sulfide) groups is 1. The minimum absolute atomic E-state index is 0.0145. The van der Waals surface area contributed by atoms with Crippen LogP contribution in [-0.2, 0) is 4.79 Å². The first-order chi connectivity index (χ1) is 9.87. The number of rotatable bonds is 3. The lowest BCUT2D eigenvalue weighted by Crippen LogP contribution is -2.35. The molecule has 21 heavy (non-hydrogen) atoms. The van der Waals surface area contributed by atoms with E-state index in [1.165, 1.54) is 0 Å². The Hall–Kier alpha value is -1.20. The van der Waals surface area contributed by atoms with Gasteiger partial charge in [-0.1, -0.05) is 26.0 Å². The summed E-state index contributed by atoms with van der Waals surface area (Å²) < 4.78 is 0.311. The van der Waals surface area contributed by atoms with E-state index in [1.54, 1.807) is 0 Å². The van der Waals surface area contributed by atoms with Crippen LogP contribution < -0.4 is 11.1 Å². The van der Waals surface area contributed by atoms with Crippen LogP contribution >= 0.6 is 11.8 Å². The molecular weight excluding hydrogens is 282 g/mol. The molecule has 1 aliphatic heterocycles. The lowest BCUT2D eigenvalue weighted by molar-refractivity contribution is -0.117. The van der Waals surface area contributed by atoms with E-state index in [9.17, 15) is 4.79 Å². The van der Waals surface area contributed by atoms with E-state index in [1.807, 2.05) is 36.9 Å². The molecular formula is C16H25N3OS. The maximum atomic E-state index is 12.2. The van der Waals surface area contributed by atoms with Crippen LogP contribution in [0.3, 0.4) is 0 Å². The zero-order chi connectivity index (χ0) is 15.5. The number of carbonyl (C=O) groups is 1. The molecule has 0 bridgehead atoms. The molecule has 116 valence electrons. The fourth-order valence-electron chi connectivity index (χ4n) is 2.46. The molecule has 1 aliphatic rings. The number of aryl methyl sites for hydroxylation is 1. The lowest BCUT2D eigenvalue weighted by atomic mass is 10.1. The molecule has 0 saturated carbocycles. The molecule has 3 N–H and O–H groups in total. The maximum Gasteiger partial charge on any atom is 0.238 e. The van der Waals surface area contributed by atoms with Gasteiger partial charge in [-0.05, 0) is 25.0 Å². The van der Waals surface area contributed by atoms with Crippen LogP contribution in [0.15, 0.2) is 18.2 Å². The normalized spacial score (nSPS) is 19.0. The van der Waals surface area contributed by atoms with Crippen molar-refractivity contribution in [3.8, 4) is 0 Å². The summed E-state index contributed by atoms with van der Waals surface area (Å²) in [6.45, 7) is 8.87. The quantitative estimate of drug-likeness (QED) is 0.843. The second-order valence-electron chi connectivity index (χ2n) is 6.22. The molecule has 0 spiro atoms. The summed E-state index contributed by atoms with van der Waals surface area (Å²) in [6, 6.07) is 5.67. The zero-order valence-corrected chi connectivity index (χ0v) is 13.9. The van der Waals surface area contributed by atoms with E-state index in [2.05, 4.69) is 24.1 Å². The van der Waals surface area contributed by atoms with Crippen LogP contribution in [0.25, 0.3) is 0 Å². The molecule has 4 nitrogen and oxygen atoms in total. The molecule has 0 unspecified atom stereocenters. The maximum absolute atomic E-state index is 12.2. The number of nitrogens with one attached hydrogen (secondary N) is 1. The molecule has 0 aliphatic carbocycles. The second-order valence-corrected chi connectivity index (χ2v) is 8.02. The average Bonchev–Trinajstić information content (AvgIpc) is 2.56. The Morgan fingerprint density at radius 2 is 2.19 bits per heavy atom. The molecule has 2 rings (SSSR count). The predicted octanol–water partition coefficient (Wildman–Crippen LogP) is 2.73. The summed E-state index contributed by atoms with van der Waals surface area (Å²) in [4.78, 5) is 14.5. The molecule has 5 heteroatoms. The number of nitrogens with two attached hydrogens (primary N) is 1. The Morgan fingerprint density at radius 1 is 1.43 bits per heavy atom. The number of hydrogen-bond donors (Lipinski definition) is 2. The van der Waals surface area contributed by atoms with E-state index in [0.29, 0.717) is 17.0 Å². The summed E-state index contributed by atoms with van der Waals surface area (Å²) >= 11 is 1.99. The number of carbonyl (C=O) groups excluding carboxylic acids is 1. The van der Waals surface area contributed by atoms with Gasteiger partial charge in [-0.25, -0.2) is 0 Å². The highest BCUT2D eigenvalue weighted by Gasteiger charge is 2.24. The molecule has 0 aromatic heterocycles. The number of anilines is 2. The Bertz CT molecular complexity index is 496. The number of hydrogen-bond acceptors (Lipinski definition) is 4. The molecule has 0 atom stereocenters. The van der Waals surface area contributed by atoms with Gasteiger partial charge in [0, 0.05) is 23.6 Å². The first-order valence-corrected chi connectivity index (χ1v) is 8.37. The van der Waals surface area contributed by atoms with Crippen LogP contribution in [0.2, 0.25) is 0 Å². The third-order valence-electron chi connectivity index (χ3n) is 3.87. The molecule has 0 radical (unpaired) electrons. The van der Waals surface area contributed by atoms with Crippen LogP contribution in [0.4, 0.5) is 11.4 Å². The van der Waals surface area contributed by atoms with Gasteiger partial charge in [0.25, 0.3) is 0 Å². The van der Waals surface area contributed by atoms with Gasteiger partial charge < -0.3 is 11.1 Å². The van der Waals surface area contributed by atoms with E-state index in [-0.39, 0.29) is 5.91 Å². The third kappa shape index (κ3) is 4.64. The Kier molecular flexibility index (Phi) is 5.17. The fourth-order valence-corrected chi connectivity index (χ4v) is 3.60. The van der Waals surface area contributed by atoms with Crippen molar-refractivity contribution >= 4 is 29.0 Å². The predicted molar refractivity (Wildman–Crippen MR) is 91.8 cm³/mol. The van der Waals surface area contributed by atoms with Gasteiger partial charge in [-0.15, -0.1) is 0 Å². The minimum atomic E-state index is 0.0145. The first-order valence-electron chi connectivity index (χ1n) is 7.39. The van der Waals surface area contributed by atoms with E-state index >= 15 is 0 Å². The van der Waals surface area contributed by atoms with Crippen LogP contribution in [-0.4, -0.2) is 40.9 Å². The van der Waals surface area contributed by atoms with Gasteiger partial charge in [-0.2, -0.15) is 11.8 Å². The SMILES string of the molecule is Cc1cccc(N)c1NC(=O)CN1CCSC(C)(C)CC1. The van der Waals surface area contributed by atoms with E-state index in [4.69, 9.17) is 5.73 Å². The summed E-state index contributed by atoms with van der Waals surface area (Å²) in [5.74, 6) is 1.09. The Balaban J connectivity index is 1.93. The second kappa shape index (κ2) is 6.71. The van der Waals surface area contributed by atoms with Gasteiger partial charge in [0.05, 0.1) is 17.9 Å². The van der Waals surface area contributed by atoms with Gasteiger partial charge in [0.1, 0.15) is 0 Å². The van der Waals surface area contributed by atoms with Crippen molar-refractivity contribution in [3.63, 3.8) is 0 Å². The number of para-hydroxylation sites is 1. The fraction of sp³-hybridized carbons (Fsp3) is 0.562. The van der Waals surface area contributed by atoms with Crippen molar-refractivity contribution in [2.45, 2.75) is 31.9 Å². The van der Waals surface area contributed by atoms with Crippen molar-refractivity contribution in [3.05, 3.63) is 23.8 Å². The molecule has 1 fully saturated rings. The highest BCUT2D eigenvalue weighted by Crippen LogP contribution is 2.30. The minimum Gasteiger partial charge on any atom is -0.397 e. The van der Waals surface area contributed by atoms with Crippen molar-refractivity contribution in [1.29, 1.82) is 0 Å². The molecule has 1 aromatic carbocycles. The first kappa shape index (κ1) is 16.2. The van der Waals surface area contributed by atoms with Crippen molar-refractivity contribution in [1.82, 2.24) is 4.90 Å². The number of nitrogens with zero attached hydrogens (tertiary/aromatic N) is 1. The Morgan fingerprint density at radius 3 is 2.90 bits per heavy atom. The highest BCUT2D eigenvalue weighted by atomic mass is 32.2. The van der Waals surface area contributed by atoms with Gasteiger partial charge in [0.2, 0.25) is 5.91 Å². The van der Waals surface area contributed by atoms with Crippen LogP contribution in [0, 0.1) is 6.92 Å². The zero-order valence-electron chi connectivity index (χ0n) is 13.1.